The zero-order valence-corrected chi connectivity index (χ0v) is 13.0. The van der Waals surface area contributed by atoms with E-state index in [-0.39, 0.29) is 0 Å². The summed E-state index contributed by atoms with van der Waals surface area (Å²) in [6.07, 6.45) is 2.32. The summed E-state index contributed by atoms with van der Waals surface area (Å²) in [5, 5.41) is 7.18. The number of hydrogen-bond acceptors (Lipinski definition) is 6. The van der Waals surface area contributed by atoms with Crippen molar-refractivity contribution >= 4 is 0 Å². The summed E-state index contributed by atoms with van der Waals surface area (Å²) in [5.41, 5.74) is 1.17. The molecule has 3 rings (SSSR count). The first-order valence-corrected chi connectivity index (χ1v) is 7.62. The lowest BCUT2D eigenvalue weighted by molar-refractivity contribution is 0.171. The molecule has 0 saturated heterocycles. The van der Waals surface area contributed by atoms with Crippen molar-refractivity contribution in [3.63, 3.8) is 0 Å². The van der Waals surface area contributed by atoms with Crippen molar-refractivity contribution in [2.24, 2.45) is 0 Å². The summed E-state index contributed by atoms with van der Waals surface area (Å²) < 4.78 is 16.4. The van der Waals surface area contributed by atoms with Crippen molar-refractivity contribution in [1.82, 2.24) is 15.5 Å². The minimum Gasteiger partial charge on any atom is -0.486 e. The van der Waals surface area contributed by atoms with Crippen LogP contribution in [0, 0.1) is 0 Å². The normalized spacial score (nSPS) is 14.8. The van der Waals surface area contributed by atoms with Crippen LogP contribution >= 0.6 is 0 Å². The van der Waals surface area contributed by atoms with Crippen LogP contribution in [-0.4, -0.2) is 36.4 Å². The van der Waals surface area contributed by atoms with E-state index in [4.69, 9.17) is 14.0 Å². The molecule has 2 heterocycles. The largest absolute Gasteiger partial charge is 0.486 e. The molecule has 0 aliphatic carbocycles. The minimum atomic E-state index is 0.336. The molecule has 2 aromatic rings. The van der Waals surface area contributed by atoms with Crippen molar-refractivity contribution in [2.45, 2.75) is 32.2 Å². The zero-order valence-electron chi connectivity index (χ0n) is 13.0. The number of nitrogens with one attached hydrogen (secondary N) is 1. The molecule has 1 unspecified atom stereocenters. The van der Waals surface area contributed by atoms with Crippen molar-refractivity contribution in [2.75, 3.05) is 20.3 Å². The van der Waals surface area contributed by atoms with Gasteiger partial charge in [0.25, 0.3) is 0 Å². The van der Waals surface area contributed by atoms with E-state index in [1.165, 1.54) is 5.56 Å². The maximum absolute atomic E-state index is 5.59. The number of hydrogen-bond donors (Lipinski definition) is 1. The zero-order chi connectivity index (χ0) is 15.4. The predicted molar refractivity (Wildman–Crippen MR) is 81.4 cm³/mol. The van der Waals surface area contributed by atoms with Gasteiger partial charge in [-0.1, -0.05) is 11.2 Å². The lowest BCUT2D eigenvalue weighted by atomic mass is 10.1. The Morgan fingerprint density at radius 3 is 2.82 bits per heavy atom. The van der Waals surface area contributed by atoms with Crippen LogP contribution < -0.4 is 14.8 Å². The molecular weight excluding hydrogens is 282 g/mol. The molecule has 118 valence electrons. The van der Waals surface area contributed by atoms with Crippen LogP contribution in [0.15, 0.2) is 22.7 Å². The molecule has 1 aromatic carbocycles. The third kappa shape index (κ3) is 3.57. The number of rotatable bonds is 6. The second kappa shape index (κ2) is 6.79. The monoisotopic (exact) mass is 303 g/mol. The molecule has 6 nitrogen and oxygen atoms in total. The molecule has 0 saturated carbocycles. The fourth-order valence-electron chi connectivity index (χ4n) is 2.35. The molecule has 1 aliphatic rings. The van der Waals surface area contributed by atoms with Gasteiger partial charge in [0.15, 0.2) is 17.3 Å². The Bertz CT molecular complexity index is 627. The van der Waals surface area contributed by atoms with Gasteiger partial charge in [0.05, 0.1) is 0 Å². The van der Waals surface area contributed by atoms with Gasteiger partial charge in [-0.15, -0.1) is 0 Å². The van der Waals surface area contributed by atoms with Crippen LogP contribution in [0.5, 0.6) is 11.5 Å². The van der Waals surface area contributed by atoms with Gasteiger partial charge in [0.1, 0.15) is 13.2 Å². The standard InChI is InChI=1S/C16H21N3O3/c1-11(17-2)9-15-18-16(22-19-15)6-4-12-3-5-13-14(10-12)21-8-7-20-13/h3,5,10-11,17H,4,6-9H2,1-2H3. The Morgan fingerprint density at radius 2 is 2.00 bits per heavy atom. The van der Waals surface area contributed by atoms with E-state index in [9.17, 15) is 0 Å². The Morgan fingerprint density at radius 1 is 1.18 bits per heavy atom. The molecule has 22 heavy (non-hydrogen) atoms. The third-order valence-electron chi connectivity index (χ3n) is 3.73. The first-order chi connectivity index (χ1) is 10.7. The molecule has 1 aromatic heterocycles. The lowest BCUT2D eigenvalue weighted by Gasteiger charge is -2.18. The van der Waals surface area contributed by atoms with Crippen molar-refractivity contribution in [3.8, 4) is 11.5 Å². The van der Waals surface area contributed by atoms with Crippen LogP contribution in [0.25, 0.3) is 0 Å². The molecule has 6 heteroatoms. The highest BCUT2D eigenvalue weighted by Gasteiger charge is 2.13. The second-order valence-electron chi connectivity index (χ2n) is 5.48. The molecule has 1 N–H and O–H groups in total. The van der Waals surface area contributed by atoms with E-state index >= 15 is 0 Å². The summed E-state index contributed by atoms with van der Waals surface area (Å²) in [6, 6.07) is 6.36. The maximum atomic E-state index is 5.59. The lowest BCUT2D eigenvalue weighted by Crippen LogP contribution is -2.24. The number of benzene rings is 1. The van der Waals surface area contributed by atoms with Gasteiger partial charge in [-0.25, -0.2) is 0 Å². The Labute approximate surface area is 129 Å². The predicted octanol–water partition coefficient (Wildman–Crippen LogP) is 1.78. The maximum Gasteiger partial charge on any atom is 0.226 e. The smallest absolute Gasteiger partial charge is 0.226 e. The highest BCUT2D eigenvalue weighted by Crippen LogP contribution is 2.31. The van der Waals surface area contributed by atoms with Crippen LogP contribution in [0.4, 0.5) is 0 Å². The van der Waals surface area contributed by atoms with Gasteiger partial charge in [-0.2, -0.15) is 4.98 Å². The van der Waals surface area contributed by atoms with Gasteiger partial charge in [0, 0.05) is 18.9 Å². The van der Waals surface area contributed by atoms with Crippen molar-refractivity contribution < 1.29 is 14.0 Å². The molecule has 0 radical (unpaired) electrons. The van der Waals surface area contributed by atoms with E-state index < -0.39 is 0 Å². The highest BCUT2D eigenvalue weighted by molar-refractivity contribution is 5.43. The number of likely N-dealkylation sites (N-methyl/N-ethyl adjacent to an activating group) is 1. The third-order valence-corrected chi connectivity index (χ3v) is 3.73. The van der Waals surface area contributed by atoms with Gasteiger partial charge >= 0.3 is 0 Å². The topological polar surface area (TPSA) is 69.4 Å². The molecule has 1 atom stereocenters. The Balaban J connectivity index is 1.58. The van der Waals surface area contributed by atoms with Gasteiger partial charge in [-0.05, 0) is 38.1 Å². The van der Waals surface area contributed by atoms with Crippen LogP contribution in [0.1, 0.15) is 24.2 Å². The van der Waals surface area contributed by atoms with Crippen molar-refractivity contribution in [1.29, 1.82) is 0 Å². The molecule has 0 amide bonds. The first kappa shape index (κ1) is 14.8. The van der Waals surface area contributed by atoms with Crippen LogP contribution in [0.3, 0.4) is 0 Å². The summed E-state index contributed by atoms with van der Waals surface area (Å²) in [4.78, 5) is 4.43. The average Bonchev–Trinajstić information content (AvgIpc) is 3.00. The van der Waals surface area contributed by atoms with E-state index in [1.54, 1.807) is 0 Å². The van der Waals surface area contributed by atoms with Gasteiger partial charge in [-0.3, -0.25) is 0 Å². The number of nitrogens with zero attached hydrogens (tertiary/aromatic N) is 2. The van der Waals surface area contributed by atoms with E-state index in [2.05, 4.69) is 22.4 Å². The highest BCUT2D eigenvalue weighted by atomic mass is 16.6. The fraction of sp³-hybridized carbons (Fsp3) is 0.500. The summed E-state index contributed by atoms with van der Waals surface area (Å²) in [7, 11) is 1.92. The van der Waals surface area contributed by atoms with Gasteiger partial charge < -0.3 is 19.3 Å². The Kier molecular flexibility index (Phi) is 4.58. The SMILES string of the molecule is CNC(C)Cc1noc(CCc2ccc3c(c2)OCCO3)n1. The van der Waals surface area contributed by atoms with Crippen molar-refractivity contribution in [3.05, 3.63) is 35.5 Å². The molecule has 1 aliphatic heterocycles. The number of aromatic nitrogens is 2. The first-order valence-electron chi connectivity index (χ1n) is 7.62. The van der Waals surface area contributed by atoms with Gasteiger partial charge in [0.2, 0.25) is 5.89 Å². The van der Waals surface area contributed by atoms with E-state index in [0.29, 0.717) is 25.1 Å². The summed E-state index contributed by atoms with van der Waals surface area (Å²) >= 11 is 0. The Hall–Kier alpha value is -2.08. The number of aryl methyl sites for hydroxylation is 2. The van der Waals surface area contributed by atoms with E-state index in [0.717, 1.165) is 36.6 Å². The molecular formula is C16H21N3O3. The minimum absolute atomic E-state index is 0.336. The van der Waals surface area contributed by atoms with Crippen LogP contribution in [-0.2, 0) is 19.3 Å². The number of fused-ring (bicyclic) bond motifs is 1. The molecule has 0 bridgehead atoms. The second-order valence-corrected chi connectivity index (χ2v) is 5.48. The van der Waals surface area contributed by atoms with E-state index in [1.807, 2.05) is 25.2 Å². The quantitative estimate of drug-likeness (QED) is 0.877. The molecule has 0 fully saturated rings. The summed E-state index contributed by atoms with van der Waals surface area (Å²) in [6.45, 7) is 3.31. The fourth-order valence-corrected chi connectivity index (χ4v) is 2.35. The molecule has 0 spiro atoms. The van der Waals surface area contributed by atoms with Crippen LogP contribution in [0.2, 0.25) is 0 Å². The number of ether oxygens (including phenoxy) is 2. The average molecular weight is 303 g/mol. The summed E-state index contributed by atoms with van der Waals surface area (Å²) in [5.74, 6) is 3.06.